The van der Waals surface area contributed by atoms with Crippen molar-refractivity contribution in [1.29, 1.82) is 0 Å². The maximum Gasteiger partial charge on any atom is 0.228 e. The Hall–Kier alpha value is -2.36. The van der Waals surface area contributed by atoms with E-state index in [0.717, 1.165) is 16.8 Å². The largest absolute Gasteiger partial charge is 0.344 e. The van der Waals surface area contributed by atoms with Gasteiger partial charge in [0, 0.05) is 31.4 Å². The van der Waals surface area contributed by atoms with Crippen molar-refractivity contribution in [2.45, 2.75) is 34.1 Å². The summed E-state index contributed by atoms with van der Waals surface area (Å²) in [7, 11) is 1.86. The molecule has 0 saturated heterocycles. The van der Waals surface area contributed by atoms with Crippen LogP contribution in [0.15, 0.2) is 30.3 Å². The fraction of sp³-hybridized carbons (Fsp3) is 0.400. The maximum atomic E-state index is 12.8. The number of aryl methyl sites for hydroxylation is 2. The third kappa shape index (κ3) is 3.58. The Morgan fingerprint density at radius 3 is 2.17 bits per heavy atom. The lowest BCUT2D eigenvalue weighted by molar-refractivity contribution is -0.130. The number of aromatic nitrogens is 1. The SMILES string of the molecule is CCN(CC)C(=O)Cc1cc(C)c(C(=O)c2ccc(C)cc2)n1C. The van der Waals surface area contributed by atoms with E-state index in [9.17, 15) is 9.59 Å². The molecule has 0 bridgehead atoms. The summed E-state index contributed by atoms with van der Waals surface area (Å²) in [6.45, 7) is 9.28. The average molecular weight is 326 g/mol. The normalized spacial score (nSPS) is 10.7. The van der Waals surface area contributed by atoms with Crippen LogP contribution < -0.4 is 0 Å². The number of hydrogen-bond donors (Lipinski definition) is 0. The summed E-state index contributed by atoms with van der Waals surface area (Å²) in [5.74, 6) is 0.0893. The zero-order chi connectivity index (χ0) is 17.9. The summed E-state index contributed by atoms with van der Waals surface area (Å²) in [5.41, 5.74) is 4.23. The summed E-state index contributed by atoms with van der Waals surface area (Å²) in [4.78, 5) is 27.0. The molecule has 0 N–H and O–H groups in total. The summed E-state index contributed by atoms with van der Waals surface area (Å²) in [5, 5.41) is 0. The zero-order valence-corrected chi connectivity index (χ0v) is 15.2. The van der Waals surface area contributed by atoms with Gasteiger partial charge in [0.05, 0.1) is 12.1 Å². The van der Waals surface area contributed by atoms with Gasteiger partial charge in [-0.3, -0.25) is 9.59 Å². The molecule has 0 fully saturated rings. The predicted molar refractivity (Wildman–Crippen MR) is 96.4 cm³/mol. The molecule has 1 aromatic carbocycles. The zero-order valence-electron chi connectivity index (χ0n) is 15.2. The van der Waals surface area contributed by atoms with Crippen LogP contribution in [0.25, 0.3) is 0 Å². The van der Waals surface area contributed by atoms with Gasteiger partial charge in [-0.05, 0) is 39.3 Å². The molecule has 4 nitrogen and oxygen atoms in total. The Balaban J connectivity index is 2.30. The van der Waals surface area contributed by atoms with Gasteiger partial charge in [-0.1, -0.05) is 29.8 Å². The number of likely N-dealkylation sites (N-methyl/N-ethyl adjacent to an activating group) is 1. The first-order valence-electron chi connectivity index (χ1n) is 8.43. The number of carbonyl (C=O) groups is 2. The summed E-state index contributed by atoms with van der Waals surface area (Å²) >= 11 is 0. The summed E-state index contributed by atoms with van der Waals surface area (Å²) in [6.07, 6.45) is 0.320. The van der Waals surface area contributed by atoms with Gasteiger partial charge >= 0.3 is 0 Å². The molecule has 24 heavy (non-hydrogen) atoms. The molecule has 1 aromatic heterocycles. The van der Waals surface area contributed by atoms with Gasteiger partial charge in [-0.15, -0.1) is 0 Å². The third-order valence-corrected chi connectivity index (χ3v) is 4.50. The van der Waals surface area contributed by atoms with Gasteiger partial charge in [0.1, 0.15) is 0 Å². The number of nitrogens with zero attached hydrogens (tertiary/aromatic N) is 2. The number of amides is 1. The molecule has 128 valence electrons. The van der Waals surface area contributed by atoms with Gasteiger partial charge in [0.25, 0.3) is 0 Å². The van der Waals surface area contributed by atoms with Gasteiger partial charge in [0.2, 0.25) is 11.7 Å². The molecule has 0 radical (unpaired) electrons. The van der Waals surface area contributed by atoms with Crippen LogP contribution in [0, 0.1) is 13.8 Å². The molecule has 0 aliphatic heterocycles. The first-order chi connectivity index (χ1) is 11.4. The minimum absolute atomic E-state index is 0.00321. The molecule has 0 atom stereocenters. The molecule has 1 amide bonds. The Kier molecular flexibility index (Phi) is 5.60. The maximum absolute atomic E-state index is 12.8. The summed E-state index contributed by atoms with van der Waals surface area (Å²) < 4.78 is 1.86. The highest BCUT2D eigenvalue weighted by Crippen LogP contribution is 2.19. The second-order valence-electron chi connectivity index (χ2n) is 6.16. The monoisotopic (exact) mass is 326 g/mol. The van der Waals surface area contributed by atoms with Gasteiger partial charge in [-0.25, -0.2) is 0 Å². The number of benzene rings is 1. The molecule has 0 saturated carbocycles. The second kappa shape index (κ2) is 7.47. The molecule has 0 unspecified atom stereocenters. The molecule has 0 spiro atoms. The van der Waals surface area contributed by atoms with Crippen molar-refractivity contribution in [3.63, 3.8) is 0 Å². The van der Waals surface area contributed by atoms with Gasteiger partial charge in [-0.2, -0.15) is 0 Å². The third-order valence-electron chi connectivity index (χ3n) is 4.50. The Morgan fingerprint density at radius 1 is 1.04 bits per heavy atom. The molecule has 4 heteroatoms. The molecular weight excluding hydrogens is 300 g/mol. The molecule has 0 aliphatic carbocycles. The van der Waals surface area contributed by atoms with Crippen LogP contribution in [-0.2, 0) is 18.3 Å². The number of hydrogen-bond acceptors (Lipinski definition) is 2. The van der Waals surface area contributed by atoms with E-state index in [1.54, 1.807) is 0 Å². The first-order valence-corrected chi connectivity index (χ1v) is 8.43. The lowest BCUT2D eigenvalue weighted by Gasteiger charge is -2.18. The number of rotatable bonds is 6. The van der Waals surface area contributed by atoms with Crippen molar-refractivity contribution in [3.05, 3.63) is 58.4 Å². The van der Waals surface area contributed by atoms with Crippen LogP contribution in [0.1, 0.15) is 46.7 Å². The van der Waals surface area contributed by atoms with E-state index < -0.39 is 0 Å². The average Bonchev–Trinajstić information content (AvgIpc) is 2.82. The van der Waals surface area contributed by atoms with Crippen molar-refractivity contribution in [3.8, 4) is 0 Å². The van der Waals surface area contributed by atoms with E-state index in [0.29, 0.717) is 30.8 Å². The van der Waals surface area contributed by atoms with Crippen LogP contribution in [0.3, 0.4) is 0 Å². The highest BCUT2D eigenvalue weighted by atomic mass is 16.2. The Morgan fingerprint density at radius 2 is 1.62 bits per heavy atom. The number of carbonyl (C=O) groups excluding carboxylic acids is 2. The first kappa shape index (κ1) is 18.0. The van der Waals surface area contributed by atoms with E-state index in [1.165, 1.54) is 0 Å². The Bertz CT molecular complexity index is 738. The van der Waals surface area contributed by atoms with Crippen molar-refractivity contribution in [2.75, 3.05) is 13.1 Å². The van der Waals surface area contributed by atoms with Gasteiger partial charge in [0.15, 0.2) is 0 Å². The van der Waals surface area contributed by atoms with Crippen molar-refractivity contribution in [2.24, 2.45) is 7.05 Å². The van der Waals surface area contributed by atoms with E-state index >= 15 is 0 Å². The lowest BCUT2D eigenvalue weighted by Crippen LogP contribution is -2.32. The van der Waals surface area contributed by atoms with Crippen LogP contribution >= 0.6 is 0 Å². The molecule has 0 aliphatic rings. The van der Waals surface area contributed by atoms with Crippen LogP contribution in [0.5, 0.6) is 0 Å². The smallest absolute Gasteiger partial charge is 0.228 e. The standard InChI is InChI=1S/C20H26N2O2/c1-6-22(7-2)18(23)13-17-12-15(4)19(21(17)5)20(24)16-10-8-14(3)9-11-16/h8-12H,6-7,13H2,1-5H3. The van der Waals surface area contributed by atoms with Crippen molar-refractivity contribution < 1.29 is 9.59 Å². The van der Waals surface area contributed by atoms with Gasteiger partial charge < -0.3 is 9.47 Å². The fourth-order valence-electron chi connectivity index (χ4n) is 3.01. The van der Waals surface area contributed by atoms with Crippen molar-refractivity contribution in [1.82, 2.24) is 9.47 Å². The number of ketones is 1. The highest BCUT2D eigenvalue weighted by molar-refractivity contribution is 6.09. The van der Waals surface area contributed by atoms with Crippen molar-refractivity contribution >= 4 is 11.7 Å². The molecule has 2 rings (SSSR count). The lowest BCUT2D eigenvalue weighted by atomic mass is 10.0. The fourth-order valence-corrected chi connectivity index (χ4v) is 3.01. The van der Waals surface area contributed by atoms with Crippen LogP contribution in [0.4, 0.5) is 0 Å². The van der Waals surface area contributed by atoms with Crippen LogP contribution in [0.2, 0.25) is 0 Å². The topological polar surface area (TPSA) is 42.3 Å². The predicted octanol–water partition coefficient (Wildman–Crippen LogP) is 3.28. The highest BCUT2D eigenvalue weighted by Gasteiger charge is 2.20. The molecular formula is C20H26N2O2. The molecule has 1 heterocycles. The van der Waals surface area contributed by atoms with E-state index in [2.05, 4.69) is 0 Å². The van der Waals surface area contributed by atoms with Crippen LogP contribution in [-0.4, -0.2) is 34.2 Å². The van der Waals surface area contributed by atoms with E-state index in [-0.39, 0.29) is 11.7 Å². The minimum atomic E-state index is -0.00321. The minimum Gasteiger partial charge on any atom is -0.344 e. The molecule has 2 aromatic rings. The second-order valence-corrected chi connectivity index (χ2v) is 6.16. The Labute approximate surface area is 144 Å². The van der Waals surface area contributed by atoms with E-state index in [4.69, 9.17) is 0 Å². The quantitative estimate of drug-likeness (QED) is 0.765. The van der Waals surface area contributed by atoms with E-state index in [1.807, 2.05) is 74.5 Å². The summed E-state index contributed by atoms with van der Waals surface area (Å²) in [6, 6.07) is 9.53.